The minimum Gasteiger partial charge on any atom is -0.444 e. The van der Waals surface area contributed by atoms with Crippen LogP contribution in [0.3, 0.4) is 0 Å². The highest BCUT2D eigenvalue weighted by Gasteiger charge is 2.42. The average molecular weight is 348 g/mol. The Morgan fingerprint density at radius 3 is 2.32 bits per heavy atom. The van der Waals surface area contributed by atoms with Gasteiger partial charge in [0.1, 0.15) is 11.5 Å². The quantitative estimate of drug-likeness (QED) is 0.370. The molecule has 2 rings (SSSR count). The molecule has 2 N–H and O–H groups in total. The fraction of sp³-hybridized carbons (Fsp3) is 0.412. The van der Waals surface area contributed by atoms with E-state index < -0.39 is 35.2 Å². The van der Waals surface area contributed by atoms with Crippen molar-refractivity contribution in [1.29, 1.82) is 0 Å². The lowest BCUT2D eigenvalue weighted by Gasteiger charge is -2.19. The Hall–Kier alpha value is -2.74. The van der Waals surface area contributed by atoms with Crippen molar-refractivity contribution in [3.8, 4) is 0 Å². The van der Waals surface area contributed by atoms with Crippen molar-refractivity contribution in [3.05, 3.63) is 35.4 Å². The van der Waals surface area contributed by atoms with Gasteiger partial charge in [-0.1, -0.05) is 24.3 Å². The van der Waals surface area contributed by atoms with Gasteiger partial charge in [0.05, 0.1) is 0 Å². The number of nitrogens with one attached hydrogen (secondary N) is 1. The number of ether oxygens (including phenoxy) is 1. The summed E-state index contributed by atoms with van der Waals surface area (Å²) in [5.41, 5.74) is 0.397. The topological polar surface area (TPSA) is 113 Å². The number of alkyl carbamates (subject to hydrolysis) is 1. The summed E-state index contributed by atoms with van der Waals surface area (Å²) in [6.07, 6.45) is -0.887. The second-order valence-corrected chi connectivity index (χ2v) is 6.72. The standard InChI is InChI=1S/C17H20N2O6/c1-17(2,3)25-16(23)18-9-10-4-6-11(7-5-10)14(21)12-8-13(20)19(24)15(12)22/h4-7,12,24H,8-9H2,1-3H3,(H,18,23). The van der Waals surface area contributed by atoms with Crippen molar-refractivity contribution in [3.63, 3.8) is 0 Å². The van der Waals surface area contributed by atoms with Gasteiger partial charge >= 0.3 is 6.09 Å². The third-order valence-corrected chi connectivity index (χ3v) is 3.51. The molecule has 1 aliphatic rings. The molecule has 1 heterocycles. The van der Waals surface area contributed by atoms with E-state index in [2.05, 4.69) is 5.32 Å². The van der Waals surface area contributed by atoms with Crippen molar-refractivity contribution < 1.29 is 29.1 Å². The Kier molecular flexibility index (Phi) is 5.22. The Morgan fingerprint density at radius 2 is 1.84 bits per heavy atom. The van der Waals surface area contributed by atoms with Crippen molar-refractivity contribution >= 4 is 23.7 Å². The van der Waals surface area contributed by atoms with Gasteiger partial charge in [-0.3, -0.25) is 19.6 Å². The number of benzene rings is 1. The molecule has 134 valence electrons. The van der Waals surface area contributed by atoms with Crippen LogP contribution in [0, 0.1) is 5.92 Å². The van der Waals surface area contributed by atoms with Crippen LogP contribution >= 0.6 is 0 Å². The van der Waals surface area contributed by atoms with E-state index in [1.54, 1.807) is 32.9 Å². The van der Waals surface area contributed by atoms with Gasteiger partial charge in [0.2, 0.25) is 0 Å². The van der Waals surface area contributed by atoms with Crippen molar-refractivity contribution in [1.82, 2.24) is 10.4 Å². The number of nitrogens with zero attached hydrogens (tertiary/aromatic N) is 1. The lowest BCUT2D eigenvalue weighted by atomic mass is 9.95. The van der Waals surface area contributed by atoms with Crippen LogP contribution in [0.4, 0.5) is 4.79 Å². The van der Waals surface area contributed by atoms with Crippen molar-refractivity contribution in [2.24, 2.45) is 5.92 Å². The molecule has 1 saturated heterocycles. The third-order valence-electron chi connectivity index (χ3n) is 3.51. The summed E-state index contributed by atoms with van der Waals surface area (Å²) >= 11 is 0. The fourth-order valence-corrected chi connectivity index (χ4v) is 2.30. The second-order valence-electron chi connectivity index (χ2n) is 6.72. The van der Waals surface area contributed by atoms with E-state index >= 15 is 0 Å². The predicted molar refractivity (Wildman–Crippen MR) is 85.6 cm³/mol. The molecule has 1 aromatic rings. The van der Waals surface area contributed by atoms with Gasteiger partial charge in [-0.05, 0) is 26.3 Å². The fourth-order valence-electron chi connectivity index (χ4n) is 2.30. The highest BCUT2D eigenvalue weighted by atomic mass is 16.6. The molecule has 1 fully saturated rings. The Morgan fingerprint density at radius 1 is 1.24 bits per heavy atom. The molecular formula is C17H20N2O6. The SMILES string of the molecule is CC(C)(C)OC(=O)NCc1ccc(C(=O)C2CC(=O)N(O)C2=O)cc1. The molecular weight excluding hydrogens is 328 g/mol. The van der Waals surface area contributed by atoms with Gasteiger partial charge in [-0.15, -0.1) is 0 Å². The van der Waals surface area contributed by atoms with Crippen LogP contribution in [0.1, 0.15) is 43.1 Å². The van der Waals surface area contributed by atoms with E-state index in [1.807, 2.05) is 0 Å². The highest BCUT2D eigenvalue weighted by Crippen LogP contribution is 2.22. The normalized spacial score (nSPS) is 17.6. The van der Waals surface area contributed by atoms with Crippen molar-refractivity contribution in [2.75, 3.05) is 0 Å². The van der Waals surface area contributed by atoms with Crippen LogP contribution in [0.2, 0.25) is 0 Å². The molecule has 0 saturated carbocycles. The molecule has 8 nitrogen and oxygen atoms in total. The number of amides is 3. The van der Waals surface area contributed by atoms with Crippen LogP contribution in [-0.4, -0.2) is 39.6 Å². The van der Waals surface area contributed by atoms with Gasteiger partial charge in [0.15, 0.2) is 5.78 Å². The number of imide groups is 1. The largest absolute Gasteiger partial charge is 0.444 e. The zero-order chi connectivity index (χ0) is 18.8. The molecule has 1 aliphatic heterocycles. The molecule has 8 heteroatoms. The lowest BCUT2D eigenvalue weighted by Crippen LogP contribution is -2.32. The number of hydrogen-bond donors (Lipinski definition) is 2. The van der Waals surface area contributed by atoms with E-state index in [4.69, 9.17) is 4.74 Å². The summed E-state index contributed by atoms with van der Waals surface area (Å²) < 4.78 is 5.12. The van der Waals surface area contributed by atoms with E-state index in [0.29, 0.717) is 0 Å². The zero-order valence-electron chi connectivity index (χ0n) is 14.2. The van der Waals surface area contributed by atoms with Crippen LogP contribution in [0.25, 0.3) is 0 Å². The summed E-state index contributed by atoms with van der Waals surface area (Å²) in [5.74, 6) is -3.42. The van der Waals surface area contributed by atoms with E-state index in [1.165, 1.54) is 12.1 Å². The minimum atomic E-state index is -1.19. The monoisotopic (exact) mass is 348 g/mol. The molecule has 0 spiro atoms. The number of hydrogen-bond acceptors (Lipinski definition) is 6. The molecule has 25 heavy (non-hydrogen) atoms. The first-order valence-corrected chi connectivity index (χ1v) is 7.74. The summed E-state index contributed by atoms with van der Waals surface area (Å²) in [5, 5.41) is 11.8. The zero-order valence-corrected chi connectivity index (χ0v) is 14.2. The number of Topliss-reactive ketones (excluding diaryl/α,β-unsaturated/α-hetero) is 1. The summed E-state index contributed by atoms with van der Waals surface area (Å²) in [6.45, 7) is 5.50. The molecule has 3 amide bonds. The first kappa shape index (κ1) is 18.6. The maximum absolute atomic E-state index is 12.3. The Balaban J connectivity index is 1.96. The van der Waals surface area contributed by atoms with Gasteiger partial charge in [-0.2, -0.15) is 5.06 Å². The number of hydroxylamine groups is 2. The second kappa shape index (κ2) is 7.02. The van der Waals surface area contributed by atoms with Crippen LogP contribution in [-0.2, 0) is 20.9 Å². The first-order valence-electron chi connectivity index (χ1n) is 7.74. The van der Waals surface area contributed by atoms with Gasteiger partial charge in [0, 0.05) is 18.5 Å². The summed E-state index contributed by atoms with van der Waals surface area (Å²) in [6, 6.07) is 6.27. The first-order chi connectivity index (χ1) is 11.6. The molecule has 1 aromatic carbocycles. The number of carbonyl (C=O) groups is 4. The Bertz CT molecular complexity index is 705. The highest BCUT2D eigenvalue weighted by molar-refractivity contribution is 6.17. The van der Waals surface area contributed by atoms with Gasteiger partial charge in [-0.25, -0.2) is 4.79 Å². The summed E-state index contributed by atoms with van der Waals surface area (Å²) in [7, 11) is 0. The molecule has 0 aliphatic carbocycles. The van der Waals surface area contributed by atoms with Crippen LogP contribution in [0.15, 0.2) is 24.3 Å². The van der Waals surface area contributed by atoms with Crippen LogP contribution < -0.4 is 5.32 Å². The van der Waals surface area contributed by atoms with E-state index in [0.717, 1.165) is 5.56 Å². The predicted octanol–water partition coefficient (Wildman–Crippen LogP) is 1.66. The maximum Gasteiger partial charge on any atom is 0.407 e. The number of ketones is 1. The summed E-state index contributed by atoms with van der Waals surface area (Å²) in [4.78, 5) is 46.8. The maximum atomic E-state index is 12.3. The minimum absolute atomic E-state index is 0.0122. The van der Waals surface area contributed by atoms with Crippen LogP contribution in [0.5, 0.6) is 0 Å². The number of carbonyl (C=O) groups excluding carboxylic acids is 4. The van der Waals surface area contributed by atoms with Gasteiger partial charge in [0.25, 0.3) is 11.8 Å². The number of rotatable bonds is 4. The molecule has 1 atom stereocenters. The third kappa shape index (κ3) is 4.63. The Labute approximate surface area is 144 Å². The smallest absolute Gasteiger partial charge is 0.407 e. The molecule has 0 radical (unpaired) electrons. The van der Waals surface area contributed by atoms with E-state index in [-0.39, 0.29) is 23.6 Å². The lowest BCUT2D eigenvalue weighted by molar-refractivity contribution is -0.171. The van der Waals surface area contributed by atoms with Crippen molar-refractivity contribution in [2.45, 2.75) is 39.3 Å². The molecule has 0 bridgehead atoms. The van der Waals surface area contributed by atoms with E-state index in [9.17, 15) is 24.4 Å². The molecule has 1 unspecified atom stereocenters. The molecule has 0 aromatic heterocycles. The average Bonchev–Trinajstić information content (AvgIpc) is 2.79. The van der Waals surface area contributed by atoms with Gasteiger partial charge < -0.3 is 10.1 Å².